The van der Waals surface area contributed by atoms with Crippen LogP contribution < -0.4 is 0 Å². The lowest BCUT2D eigenvalue weighted by Gasteiger charge is -2.54. The number of methoxy groups -OCH3 is 1. The van der Waals surface area contributed by atoms with Gasteiger partial charge in [-0.1, -0.05) is 40.9 Å². The summed E-state index contributed by atoms with van der Waals surface area (Å²) in [4.78, 5) is 14.6. The number of esters is 1. The average Bonchev–Trinajstić information content (AvgIpc) is 4.46. The van der Waals surface area contributed by atoms with Crippen LogP contribution in [0, 0.1) is 23.7 Å². The van der Waals surface area contributed by atoms with E-state index in [1.54, 1.807) is 7.11 Å². The minimum absolute atomic E-state index is 0.0111. The van der Waals surface area contributed by atoms with Gasteiger partial charge in [0.1, 0.15) is 36.6 Å². The summed E-state index contributed by atoms with van der Waals surface area (Å²) in [6.07, 6.45) is 6.14. The number of carbonyl (C=O) groups excluding carboxylic acids is 1. The second-order valence-electron chi connectivity index (χ2n) is 28.4. The van der Waals surface area contributed by atoms with Crippen LogP contribution >= 0.6 is 0 Å². The number of aliphatic hydroxyl groups is 1. The predicted octanol–water partition coefficient (Wildman–Crippen LogP) is 6.34. The van der Waals surface area contributed by atoms with E-state index < -0.39 is 47.6 Å². The molecule has 0 saturated carbocycles. The van der Waals surface area contributed by atoms with Crippen LogP contribution in [-0.4, -0.2) is 194 Å². The molecule has 17 fully saturated rings. The smallest absolute Gasteiger partial charge is 0.308 e. The van der Waals surface area contributed by atoms with Crippen LogP contribution in [0.15, 0.2) is 24.3 Å². The Kier molecular flexibility index (Phi) is 13.6. The summed E-state index contributed by atoms with van der Waals surface area (Å²) in [6, 6.07) is 0. The normalized spacial score (nSPS) is 58.9. The van der Waals surface area contributed by atoms with Crippen LogP contribution in [0.4, 0.5) is 0 Å². The highest BCUT2D eigenvalue weighted by Crippen LogP contribution is 2.58. The molecule has 0 radical (unpaired) electrons. The van der Waals surface area contributed by atoms with Gasteiger partial charge in [-0.25, -0.2) is 0 Å². The lowest BCUT2D eigenvalue weighted by atomic mass is 9.78. The van der Waals surface area contributed by atoms with E-state index in [0.29, 0.717) is 77.0 Å². The third kappa shape index (κ3) is 9.22. The average molecular weight is 1140 g/mol. The molecule has 17 aliphatic rings. The van der Waals surface area contributed by atoms with Crippen molar-refractivity contribution in [2.45, 2.75) is 319 Å². The van der Waals surface area contributed by atoms with E-state index in [4.69, 9.17) is 80.5 Å². The van der Waals surface area contributed by atoms with E-state index in [9.17, 15) is 9.90 Å². The van der Waals surface area contributed by atoms with Gasteiger partial charge in [0.15, 0.2) is 23.1 Å². The number of hydrogen-bond donors (Lipinski definition) is 1. The van der Waals surface area contributed by atoms with E-state index in [-0.39, 0.29) is 165 Å². The van der Waals surface area contributed by atoms with Crippen LogP contribution in [0.1, 0.15) is 150 Å². The van der Waals surface area contributed by atoms with E-state index in [1.165, 1.54) is 0 Å². The van der Waals surface area contributed by atoms with Gasteiger partial charge >= 0.3 is 5.97 Å². The molecule has 19 heteroatoms. The fourth-order valence-electron chi connectivity index (χ4n) is 19.1. The molecular formula is C62H88O19. The van der Waals surface area contributed by atoms with Crippen molar-refractivity contribution in [2.75, 3.05) is 13.7 Å². The number of ether oxygens (including phenoxy) is 17. The quantitative estimate of drug-likeness (QED) is 0.243. The first-order valence-corrected chi connectivity index (χ1v) is 31.7. The summed E-state index contributed by atoms with van der Waals surface area (Å²) in [5.74, 6) is -3.40. The van der Waals surface area contributed by atoms with Gasteiger partial charge < -0.3 is 85.6 Å². The van der Waals surface area contributed by atoms with Crippen molar-refractivity contribution in [3.05, 3.63) is 24.3 Å². The molecule has 17 aliphatic heterocycles. The first kappa shape index (κ1) is 54.6. The van der Waals surface area contributed by atoms with Crippen molar-refractivity contribution in [3.8, 4) is 0 Å². The monoisotopic (exact) mass is 1140 g/mol. The van der Waals surface area contributed by atoms with Gasteiger partial charge in [0.2, 0.25) is 0 Å². The van der Waals surface area contributed by atoms with Crippen molar-refractivity contribution in [3.63, 3.8) is 0 Å². The number of fused-ring (bicyclic) bond motifs is 11. The van der Waals surface area contributed by atoms with Crippen LogP contribution in [0.5, 0.6) is 0 Å². The zero-order valence-corrected chi connectivity index (χ0v) is 48.0. The second kappa shape index (κ2) is 20.2. The van der Waals surface area contributed by atoms with Crippen LogP contribution in [0.3, 0.4) is 0 Å². The number of carbonyl (C=O) groups is 1. The molecule has 3 spiro atoms. The Hall–Kier alpha value is -1.73. The van der Waals surface area contributed by atoms with Crippen LogP contribution in [0.25, 0.3) is 0 Å². The van der Waals surface area contributed by atoms with Crippen molar-refractivity contribution < 1.29 is 90.4 Å². The molecule has 450 valence electrons. The Morgan fingerprint density at radius 3 is 1.98 bits per heavy atom. The fourth-order valence-corrected chi connectivity index (χ4v) is 19.1. The lowest BCUT2D eigenvalue weighted by molar-refractivity contribution is -0.370. The molecule has 12 bridgehead atoms. The zero-order valence-electron chi connectivity index (χ0n) is 48.0. The number of hydrogen-bond acceptors (Lipinski definition) is 19. The standard InChI is InChI=1S/C62H88O19/c1-28-16-34-8-10-37-29(2)17-36(66-37)12-13-60-26-47-55(80-60)56-57(73-47)58(81-60)54-38(70-56)11-9-35(68-54)18-49(64)74-53-33(6)52-43(69-42(53)19-39(67-34)32(28)5)20-40-46(72-52)25-62(76-40)27-48-51(79-62)31(4)23-61(78-48)22-30(3)50-44(77-61)21-41-45(71-50)24-59(65-7,75-41)14-15-63/h28,30-31,33-48,50-58,63H,2,5,8-27H2,1,3-4,6-7H3/t28-,30+,31+,33-,34-,35-,36-,37-,38+,39-,40+,41+,42+,43+,44-,45+,46+,47-,48-,50-,51+,52+,53-,54+,55+,56+,57-,58+,59-,60-,61?,62?/m1/s1. The molecule has 81 heavy (non-hydrogen) atoms. The van der Waals surface area contributed by atoms with Gasteiger partial charge in [0.05, 0.1) is 116 Å². The maximum absolute atomic E-state index is 14.6. The SMILES string of the molecule is C=C1C[C@H]2CC[C@]34C[C@H]5O[C@H]6[C@@H](O3)[C@H]3O[C@H](CC[C@@H]3O[C@H]6[C@H]5O4)CC(=O)O[C@@H]3[C@H](C)[C@@H]4O[C@H]5CC6(C[C@H]7OC8(C[C@H](C)[C@H]9O[C@H]%10C[C@](CCO)(OC)O[C@H]%10C[C@H]9O8)C[C@H](C)[C@@H]7O6)O[C@H]5C[C@@H]4O[C@H]3C[C@H]3O[C@H](CC[C@H]1O2)C[C@@H](C)C3=C. The number of rotatable bonds is 3. The summed E-state index contributed by atoms with van der Waals surface area (Å²) >= 11 is 0. The van der Waals surface area contributed by atoms with E-state index in [2.05, 4.69) is 40.9 Å². The second-order valence-corrected chi connectivity index (χ2v) is 28.4. The Bertz CT molecular complexity index is 2450. The topological polar surface area (TPSA) is 194 Å². The Balaban J connectivity index is 0.627. The lowest BCUT2D eigenvalue weighted by Crippen LogP contribution is -2.62. The first-order valence-electron chi connectivity index (χ1n) is 31.7. The molecule has 19 nitrogen and oxygen atoms in total. The highest BCUT2D eigenvalue weighted by Gasteiger charge is 2.70. The highest BCUT2D eigenvalue weighted by molar-refractivity contribution is 5.70. The van der Waals surface area contributed by atoms with Gasteiger partial charge in [-0.05, 0) is 73.8 Å². The third-order valence-corrected chi connectivity index (χ3v) is 22.9. The van der Waals surface area contributed by atoms with Crippen molar-refractivity contribution in [2.24, 2.45) is 23.7 Å². The Morgan fingerprint density at radius 2 is 1.12 bits per heavy atom. The van der Waals surface area contributed by atoms with E-state index in [1.807, 2.05) is 0 Å². The molecular weight excluding hydrogens is 1050 g/mol. The fraction of sp³-hybridized carbons (Fsp3) is 0.919. The molecule has 17 heterocycles. The summed E-state index contributed by atoms with van der Waals surface area (Å²) in [5, 5.41) is 9.83. The van der Waals surface area contributed by atoms with Crippen molar-refractivity contribution in [1.29, 1.82) is 0 Å². The predicted molar refractivity (Wildman–Crippen MR) is 281 cm³/mol. The van der Waals surface area contributed by atoms with Crippen LogP contribution in [-0.2, 0) is 85.3 Å². The van der Waals surface area contributed by atoms with E-state index in [0.717, 1.165) is 49.7 Å². The molecule has 0 aliphatic carbocycles. The molecule has 0 aromatic rings. The minimum Gasteiger partial charge on any atom is -0.459 e. The van der Waals surface area contributed by atoms with Crippen molar-refractivity contribution in [1.82, 2.24) is 0 Å². The minimum atomic E-state index is -0.900. The van der Waals surface area contributed by atoms with Gasteiger partial charge in [0.25, 0.3) is 0 Å². The van der Waals surface area contributed by atoms with Gasteiger partial charge in [-0.2, -0.15) is 0 Å². The summed E-state index contributed by atoms with van der Waals surface area (Å²) in [5.41, 5.74) is 2.17. The van der Waals surface area contributed by atoms with Crippen molar-refractivity contribution >= 4 is 5.97 Å². The highest BCUT2D eigenvalue weighted by atomic mass is 16.8. The molecule has 32 atom stereocenters. The molecule has 0 amide bonds. The summed E-state index contributed by atoms with van der Waals surface area (Å²) < 4.78 is 117. The van der Waals surface area contributed by atoms with Gasteiger partial charge in [0, 0.05) is 90.3 Å². The molecule has 17 rings (SSSR count). The Morgan fingerprint density at radius 1 is 0.481 bits per heavy atom. The molecule has 2 unspecified atom stereocenters. The van der Waals surface area contributed by atoms with Gasteiger partial charge in [-0.3, -0.25) is 4.79 Å². The summed E-state index contributed by atoms with van der Waals surface area (Å²) in [6.45, 7) is 18.0. The van der Waals surface area contributed by atoms with Gasteiger partial charge in [-0.15, -0.1) is 0 Å². The maximum Gasteiger partial charge on any atom is 0.308 e. The maximum atomic E-state index is 14.6. The third-order valence-electron chi connectivity index (χ3n) is 22.9. The largest absolute Gasteiger partial charge is 0.459 e. The number of aliphatic hydroxyl groups excluding tert-OH is 1. The first-order chi connectivity index (χ1) is 39.0. The Labute approximate surface area is 475 Å². The van der Waals surface area contributed by atoms with E-state index >= 15 is 0 Å². The molecule has 1 N–H and O–H groups in total. The molecule has 17 saturated heterocycles. The molecule has 0 aromatic heterocycles. The summed E-state index contributed by atoms with van der Waals surface area (Å²) in [7, 11) is 1.64. The van der Waals surface area contributed by atoms with Crippen LogP contribution in [0.2, 0.25) is 0 Å². The zero-order chi connectivity index (χ0) is 55.1. The molecule has 0 aromatic carbocycles.